The van der Waals surface area contributed by atoms with Crippen LogP contribution in [0.1, 0.15) is 11.1 Å². The third-order valence-electron chi connectivity index (χ3n) is 8.52. The number of hydrogen-bond acceptors (Lipinski definition) is 2. The first-order valence-electron chi connectivity index (χ1n) is 14.1. The second-order valence-electron chi connectivity index (χ2n) is 11.0. The van der Waals surface area contributed by atoms with Crippen molar-refractivity contribution in [2.45, 2.75) is 13.8 Å². The predicted molar refractivity (Wildman–Crippen MR) is 170 cm³/mol. The van der Waals surface area contributed by atoms with E-state index in [0.29, 0.717) is 0 Å². The lowest BCUT2D eigenvalue weighted by molar-refractivity contribution is 0.466. The summed E-state index contributed by atoms with van der Waals surface area (Å²) in [5, 5.41) is 0. The summed E-state index contributed by atoms with van der Waals surface area (Å²) < 4.78 is 13.6. The molecule has 6 aromatic carbocycles. The molecule has 2 heterocycles. The molecule has 0 amide bonds. The summed E-state index contributed by atoms with van der Waals surface area (Å²) in [5.74, 6) is 3.54. The van der Waals surface area contributed by atoms with Gasteiger partial charge in [0.15, 0.2) is 0 Å². The SMILES string of the molecule is Cc1ccccc1-c1ccc2c(c1)B1c3cccc(-c4ccccc4C)c3Oc3c(-c4ccccc4)ccc(c31)O2. The first kappa shape index (κ1) is 23.8. The Morgan fingerprint density at radius 2 is 1.12 bits per heavy atom. The van der Waals surface area contributed by atoms with Crippen LogP contribution in [-0.2, 0) is 0 Å². The Morgan fingerprint density at radius 3 is 1.90 bits per heavy atom. The van der Waals surface area contributed by atoms with Crippen molar-refractivity contribution in [3.8, 4) is 56.4 Å². The number of hydrogen-bond donors (Lipinski definition) is 0. The van der Waals surface area contributed by atoms with Crippen LogP contribution < -0.4 is 25.9 Å². The van der Waals surface area contributed by atoms with Crippen molar-refractivity contribution >= 4 is 23.1 Å². The zero-order valence-electron chi connectivity index (χ0n) is 23.0. The van der Waals surface area contributed by atoms with Crippen LogP contribution >= 0.6 is 0 Å². The summed E-state index contributed by atoms with van der Waals surface area (Å²) >= 11 is 0. The van der Waals surface area contributed by atoms with Gasteiger partial charge in [-0.1, -0.05) is 109 Å². The van der Waals surface area contributed by atoms with E-state index in [2.05, 4.69) is 141 Å². The van der Waals surface area contributed by atoms with Crippen LogP contribution in [0.2, 0.25) is 0 Å². The predicted octanol–water partition coefficient (Wildman–Crippen LogP) is 8.03. The number of para-hydroxylation sites is 1. The average molecular weight is 526 g/mol. The first-order valence-corrected chi connectivity index (χ1v) is 14.1. The number of rotatable bonds is 3. The average Bonchev–Trinajstić information content (AvgIpc) is 3.01. The lowest BCUT2D eigenvalue weighted by atomic mass is 9.34. The van der Waals surface area contributed by atoms with E-state index in [4.69, 9.17) is 9.47 Å². The van der Waals surface area contributed by atoms with Crippen LogP contribution in [0.15, 0.2) is 127 Å². The molecule has 2 nitrogen and oxygen atoms in total. The van der Waals surface area contributed by atoms with Crippen molar-refractivity contribution in [2.75, 3.05) is 0 Å². The molecule has 2 aliphatic heterocycles. The first-order chi connectivity index (χ1) is 20.2. The summed E-state index contributed by atoms with van der Waals surface area (Å²) in [5.41, 5.74) is 12.8. The minimum atomic E-state index is -0.0240. The Hall–Kier alpha value is -5.02. The maximum Gasteiger partial charge on any atom is 0.260 e. The molecular formula is C38H27BO2. The van der Waals surface area contributed by atoms with Crippen molar-refractivity contribution in [3.05, 3.63) is 139 Å². The zero-order chi connectivity index (χ0) is 27.5. The van der Waals surface area contributed by atoms with Gasteiger partial charge in [-0.25, -0.2) is 0 Å². The van der Waals surface area contributed by atoms with Crippen LogP contribution in [0.5, 0.6) is 23.0 Å². The van der Waals surface area contributed by atoms with E-state index in [9.17, 15) is 0 Å². The maximum absolute atomic E-state index is 7.02. The molecule has 0 N–H and O–H groups in total. The molecule has 0 aliphatic carbocycles. The third kappa shape index (κ3) is 3.73. The second kappa shape index (κ2) is 9.28. The van der Waals surface area contributed by atoms with E-state index >= 15 is 0 Å². The molecule has 0 radical (unpaired) electrons. The van der Waals surface area contributed by atoms with E-state index in [-0.39, 0.29) is 6.71 Å². The van der Waals surface area contributed by atoms with E-state index in [1.807, 2.05) is 0 Å². The van der Waals surface area contributed by atoms with Crippen LogP contribution in [0.3, 0.4) is 0 Å². The molecule has 194 valence electrons. The topological polar surface area (TPSA) is 18.5 Å². The van der Waals surface area contributed by atoms with Crippen LogP contribution in [0.25, 0.3) is 33.4 Å². The molecule has 6 aromatic rings. The highest BCUT2D eigenvalue weighted by molar-refractivity contribution is 6.98. The van der Waals surface area contributed by atoms with E-state index in [0.717, 1.165) is 56.1 Å². The van der Waals surface area contributed by atoms with Crippen LogP contribution in [-0.4, -0.2) is 6.71 Å². The molecule has 0 aromatic heterocycles. The lowest BCUT2D eigenvalue weighted by Gasteiger charge is -2.35. The summed E-state index contributed by atoms with van der Waals surface area (Å²) in [7, 11) is 0. The normalized spacial score (nSPS) is 12.5. The van der Waals surface area contributed by atoms with Gasteiger partial charge < -0.3 is 9.47 Å². The van der Waals surface area contributed by atoms with E-state index in [1.54, 1.807) is 0 Å². The third-order valence-corrected chi connectivity index (χ3v) is 8.52. The lowest BCUT2D eigenvalue weighted by Crippen LogP contribution is -2.57. The number of aryl methyl sites for hydroxylation is 2. The summed E-state index contributed by atoms with van der Waals surface area (Å²) in [6.07, 6.45) is 0. The van der Waals surface area contributed by atoms with E-state index in [1.165, 1.54) is 27.8 Å². The molecule has 41 heavy (non-hydrogen) atoms. The van der Waals surface area contributed by atoms with Gasteiger partial charge in [0.05, 0.1) is 0 Å². The maximum atomic E-state index is 7.02. The van der Waals surface area contributed by atoms with Gasteiger partial charge in [-0.2, -0.15) is 0 Å². The van der Waals surface area contributed by atoms with Crippen molar-refractivity contribution in [2.24, 2.45) is 0 Å². The molecule has 3 heteroatoms. The fourth-order valence-corrected chi connectivity index (χ4v) is 6.51. The summed E-state index contributed by atoms with van der Waals surface area (Å²) in [4.78, 5) is 0. The number of ether oxygens (including phenoxy) is 2. The van der Waals surface area contributed by atoms with Crippen LogP contribution in [0, 0.1) is 13.8 Å². The fraction of sp³-hybridized carbons (Fsp3) is 0.0526. The molecule has 0 fully saturated rings. The zero-order valence-corrected chi connectivity index (χ0v) is 23.0. The van der Waals surface area contributed by atoms with E-state index < -0.39 is 0 Å². The summed E-state index contributed by atoms with van der Waals surface area (Å²) in [6, 6.07) is 45.0. The van der Waals surface area contributed by atoms with Gasteiger partial charge in [0.1, 0.15) is 23.0 Å². The van der Waals surface area contributed by atoms with Crippen molar-refractivity contribution in [1.29, 1.82) is 0 Å². The molecule has 0 spiro atoms. The Morgan fingerprint density at radius 1 is 0.439 bits per heavy atom. The minimum Gasteiger partial charge on any atom is -0.458 e. The molecule has 0 saturated heterocycles. The van der Waals surface area contributed by atoms with Gasteiger partial charge in [0.25, 0.3) is 6.71 Å². The number of benzene rings is 6. The standard InChI is InChI=1S/C38H27BO2/c1-24-11-6-8-15-28(24)27-19-21-34-33(23-27)39-32-18-10-17-31(29-16-9-7-12-25(29)2)37(32)41-38-30(26-13-4-3-5-14-26)20-22-35(40-34)36(38)39/h3-23H,1-2H3. The highest BCUT2D eigenvalue weighted by atomic mass is 16.5. The van der Waals surface area contributed by atoms with Gasteiger partial charge in [-0.05, 0) is 76.4 Å². The second-order valence-corrected chi connectivity index (χ2v) is 11.0. The summed E-state index contributed by atoms with van der Waals surface area (Å²) in [6.45, 7) is 4.31. The van der Waals surface area contributed by atoms with Crippen LogP contribution in [0.4, 0.5) is 0 Å². The Kier molecular flexibility index (Phi) is 5.40. The smallest absolute Gasteiger partial charge is 0.260 e. The monoisotopic (exact) mass is 526 g/mol. The van der Waals surface area contributed by atoms with Gasteiger partial charge >= 0.3 is 0 Å². The number of fused-ring (bicyclic) bond motifs is 4. The van der Waals surface area contributed by atoms with Gasteiger partial charge in [0.2, 0.25) is 0 Å². The molecule has 0 saturated carbocycles. The molecule has 0 unspecified atom stereocenters. The quantitative estimate of drug-likeness (QED) is 0.217. The molecule has 2 aliphatic rings. The largest absolute Gasteiger partial charge is 0.458 e. The minimum absolute atomic E-state index is 0.0240. The Bertz CT molecular complexity index is 1970. The fourth-order valence-electron chi connectivity index (χ4n) is 6.51. The van der Waals surface area contributed by atoms with Gasteiger partial charge in [-0.15, -0.1) is 0 Å². The molecule has 8 rings (SSSR count). The molecule has 0 bridgehead atoms. The molecular weight excluding hydrogens is 499 g/mol. The Labute approximate surface area is 240 Å². The van der Waals surface area contributed by atoms with Gasteiger partial charge in [-0.3, -0.25) is 0 Å². The van der Waals surface area contributed by atoms with Crippen molar-refractivity contribution in [3.63, 3.8) is 0 Å². The Balaban J connectivity index is 1.42. The highest BCUT2D eigenvalue weighted by Crippen LogP contribution is 2.44. The van der Waals surface area contributed by atoms with Gasteiger partial charge in [0, 0.05) is 16.6 Å². The van der Waals surface area contributed by atoms with Crippen molar-refractivity contribution in [1.82, 2.24) is 0 Å². The highest BCUT2D eigenvalue weighted by Gasteiger charge is 2.42. The van der Waals surface area contributed by atoms with Crippen molar-refractivity contribution < 1.29 is 9.47 Å². The molecule has 0 atom stereocenters.